The fraction of sp³-hybridized carbons (Fsp3) is 0.500. The number of rotatable bonds is 6. The molecule has 1 aliphatic rings. The minimum atomic E-state index is -0.375. The third-order valence-electron chi connectivity index (χ3n) is 4.13. The summed E-state index contributed by atoms with van der Waals surface area (Å²) in [5.41, 5.74) is 7.03. The number of carbonyl (C=O) groups is 2. The van der Waals surface area contributed by atoms with Crippen LogP contribution in [0.4, 0.5) is 5.69 Å². The van der Waals surface area contributed by atoms with E-state index in [0.717, 1.165) is 30.5 Å². The van der Waals surface area contributed by atoms with Crippen LogP contribution < -0.4 is 16.4 Å². The standard InChI is InChI=1S/C16H23N3O2/c1-2-18-14(20)10-12-4-6-13(7-5-12)19-15(21)16(11-17)8-3-9-16/h4-7H,2-3,8-11,17H2,1H3,(H,18,20)(H,19,21). The fourth-order valence-electron chi connectivity index (χ4n) is 2.54. The molecule has 1 fully saturated rings. The van der Waals surface area contributed by atoms with E-state index in [4.69, 9.17) is 5.73 Å². The van der Waals surface area contributed by atoms with Crippen LogP contribution in [0.3, 0.4) is 0 Å². The maximum atomic E-state index is 12.2. The number of amides is 2. The van der Waals surface area contributed by atoms with E-state index in [9.17, 15) is 9.59 Å². The van der Waals surface area contributed by atoms with Gasteiger partial charge in [0, 0.05) is 18.8 Å². The van der Waals surface area contributed by atoms with Gasteiger partial charge < -0.3 is 16.4 Å². The van der Waals surface area contributed by atoms with Crippen LogP contribution in [0.2, 0.25) is 0 Å². The van der Waals surface area contributed by atoms with Gasteiger partial charge in [0.05, 0.1) is 11.8 Å². The zero-order valence-corrected chi connectivity index (χ0v) is 12.4. The van der Waals surface area contributed by atoms with Gasteiger partial charge in [0.1, 0.15) is 0 Å². The van der Waals surface area contributed by atoms with Gasteiger partial charge in [-0.3, -0.25) is 9.59 Å². The topological polar surface area (TPSA) is 84.2 Å². The van der Waals surface area contributed by atoms with Crippen molar-refractivity contribution in [2.24, 2.45) is 11.1 Å². The number of benzene rings is 1. The summed E-state index contributed by atoms with van der Waals surface area (Å²) in [4.78, 5) is 23.7. The van der Waals surface area contributed by atoms with E-state index in [0.29, 0.717) is 19.5 Å². The largest absolute Gasteiger partial charge is 0.356 e. The molecule has 1 aromatic carbocycles. The van der Waals surface area contributed by atoms with E-state index in [1.54, 1.807) is 0 Å². The molecule has 5 nitrogen and oxygen atoms in total. The molecule has 2 amide bonds. The quantitative estimate of drug-likeness (QED) is 0.740. The Morgan fingerprint density at radius 3 is 2.38 bits per heavy atom. The molecule has 4 N–H and O–H groups in total. The zero-order chi connectivity index (χ0) is 15.3. The average Bonchev–Trinajstić information content (AvgIpc) is 2.40. The smallest absolute Gasteiger partial charge is 0.231 e. The SMILES string of the molecule is CCNC(=O)Cc1ccc(NC(=O)C2(CN)CCC2)cc1. The zero-order valence-electron chi connectivity index (χ0n) is 12.4. The maximum absolute atomic E-state index is 12.2. The molecule has 0 spiro atoms. The van der Waals surface area contributed by atoms with Crippen molar-refractivity contribution in [2.45, 2.75) is 32.6 Å². The molecule has 0 unspecified atom stereocenters. The average molecular weight is 289 g/mol. The molecule has 1 saturated carbocycles. The lowest BCUT2D eigenvalue weighted by molar-refractivity contribution is -0.129. The summed E-state index contributed by atoms with van der Waals surface area (Å²) in [6, 6.07) is 7.38. The molecule has 2 rings (SSSR count). The minimum absolute atomic E-state index is 0.00541. The third kappa shape index (κ3) is 3.61. The Morgan fingerprint density at radius 1 is 1.24 bits per heavy atom. The Balaban J connectivity index is 1.93. The molecule has 0 radical (unpaired) electrons. The Bertz CT molecular complexity index is 501. The fourth-order valence-corrected chi connectivity index (χ4v) is 2.54. The molecule has 1 aromatic rings. The predicted molar refractivity (Wildman–Crippen MR) is 82.8 cm³/mol. The van der Waals surface area contributed by atoms with E-state index >= 15 is 0 Å². The van der Waals surface area contributed by atoms with E-state index in [1.807, 2.05) is 31.2 Å². The van der Waals surface area contributed by atoms with Crippen LogP contribution in [0.15, 0.2) is 24.3 Å². The molecule has 0 atom stereocenters. The number of carbonyl (C=O) groups excluding carboxylic acids is 2. The molecule has 21 heavy (non-hydrogen) atoms. The second kappa shape index (κ2) is 6.72. The van der Waals surface area contributed by atoms with E-state index < -0.39 is 0 Å². The molecule has 0 heterocycles. The van der Waals surface area contributed by atoms with Crippen LogP contribution in [0.5, 0.6) is 0 Å². The van der Waals surface area contributed by atoms with Crippen molar-refractivity contribution in [2.75, 3.05) is 18.4 Å². The van der Waals surface area contributed by atoms with Gasteiger partial charge in [-0.25, -0.2) is 0 Å². The van der Waals surface area contributed by atoms with E-state index in [-0.39, 0.29) is 17.2 Å². The highest BCUT2D eigenvalue weighted by Gasteiger charge is 2.42. The highest BCUT2D eigenvalue weighted by molar-refractivity contribution is 5.96. The van der Waals surface area contributed by atoms with Gasteiger partial charge in [0.15, 0.2) is 0 Å². The highest BCUT2D eigenvalue weighted by Crippen LogP contribution is 2.40. The first kappa shape index (κ1) is 15.5. The van der Waals surface area contributed by atoms with Gasteiger partial charge in [-0.1, -0.05) is 18.6 Å². The van der Waals surface area contributed by atoms with Crippen LogP contribution in [-0.4, -0.2) is 24.9 Å². The lowest BCUT2D eigenvalue weighted by Gasteiger charge is -2.39. The first-order chi connectivity index (χ1) is 10.1. The van der Waals surface area contributed by atoms with Gasteiger partial charge in [0.25, 0.3) is 0 Å². The Hall–Kier alpha value is -1.88. The third-order valence-corrected chi connectivity index (χ3v) is 4.13. The van der Waals surface area contributed by atoms with Gasteiger partial charge >= 0.3 is 0 Å². The van der Waals surface area contributed by atoms with Crippen molar-refractivity contribution in [3.8, 4) is 0 Å². The number of likely N-dealkylation sites (N-methyl/N-ethyl adjacent to an activating group) is 1. The second-order valence-electron chi connectivity index (χ2n) is 5.62. The van der Waals surface area contributed by atoms with Crippen LogP contribution in [0.25, 0.3) is 0 Å². The summed E-state index contributed by atoms with van der Waals surface area (Å²) >= 11 is 0. The van der Waals surface area contributed by atoms with Crippen molar-refractivity contribution in [3.63, 3.8) is 0 Å². The molecular weight excluding hydrogens is 266 g/mol. The molecule has 0 saturated heterocycles. The normalized spacial score (nSPS) is 15.9. The molecule has 0 bridgehead atoms. The Morgan fingerprint density at radius 2 is 1.90 bits per heavy atom. The molecule has 0 aromatic heterocycles. The second-order valence-corrected chi connectivity index (χ2v) is 5.62. The number of anilines is 1. The Kier molecular flexibility index (Phi) is 4.96. The summed E-state index contributed by atoms with van der Waals surface area (Å²) in [6.45, 7) is 2.92. The van der Waals surface area contributed by atoms with Gasteiger partial charge in [0.2, 0.25) is 11.8 Å². The number of hydrogen-bond donors (Lipinski definition) is 3. The van der Waals surface area contributed by atoms with Gasteiger partial charge in [-0.15, -0.1) is 0 Å². The molecule has 114 valence electrons. The maximum Gasteiger partial charge on any atom is 0.231 e. The first-order valence-electron chi connectivity index (χ1n) is 7.47. The van der Waals surface area contributed by atoms with Crippen molar-refractivity contribution >= 4 is 17.5 Å². The molecule has 0 aliphatic heterocycles. The summed E-state index contributed by atoms with van der Waals surface area (Å²) in [7, 11) is 0. The first-order valence-corrected chi connectivity index (χ1v) is 7.47. The summed E-state index contributed by atoms with van der Waals surface area (Å²) in [5, 5.41) is 5.68. The lowest BCUT2D eigenvalue weighted by atomic mass is 9.68. The molecule has 5 heteroatoms. The summed E-state index contributed by atoms with van der Waals surface area (Å²) in [5.74, 6) is 0.0126. The van der Waals surface area contributed by atoms with Crippen molar-refractivity contribution < 1.29 is 9.59 Å². The van der Waals surface area contributed by atoms with Crippen molar-refractivity contribution in [1.82, 2.24) is 5.32 Å². The summed E-state index contributed by atoms with van der Waals surface area (Å²) in [6.07, 6.45) is 3.15. The monoisotopic (exact) mass is 289 g/mol. The molecule has 1 aliphatic carbocycles. The number of nitrogens with one attached hydrogen (secondary N) is 2. The van der Waals surface area contributed by atoms with Crippen LogP contribution in [-0.2, 0) is 16.0 Å². The van der Waals surface area contributed by atoms with Crippen LogP contribution in [0.1, 0.15) is 31.7 Å². The van der Waals surface area contributed by atoms with Gasteiger partial charge in [-0.05, 0) is 37.5 Å². The lowest BCUT2D eigenvalue weighted by Crippen LogP contribution is -2.47. The van der Waals surface area contributed by atoms with Crippen LogP contribution in [0, 0.1) is 5.41 Å². The number of hydrogen-bond acceptors (Lipinski definition) is 3. The van der Waals surface area contributed by atoms with E-state index in [2.05, 4.69) is 10.6 Å². The van der Waals surface area contributed by atoms with E-state index in [1.165, 1.54) is 0 Å². The number of nitrogens with two attached hydrogens (primary N) is 1. The van der Waals surface area contributed by atoms with Crippen molar-refractivity contribution in [3.05, 3.63) is 29.8 Å². The molecular formula is C16H23N3O2. The van der Waals surface area contributed by atoms with Crippen molar-refractivity contribution in [1.29, 1.82) is 0 Å². The Labute approximate surface area is 125 Å². The predicted octanol–water partition coefficient (Wildman–Crippen LogP) is 1.43. The van der Waals surface area contributed by atoms with Crippen LogP contribution >= 0.6 is 0 Å². The highest BCUT2D eigenvalue weighted by atomic mass is 16.2. The minimum Gasteiger partial charge on any atom is -0.356 e. The summed E-state index contributed by atoms with van der Waals surface area (Å²) < 4.78 is 0. The van der Waals surface area contributed by atoms with Gasteiger partial charge in [-0.2, -0.15) is 0 Å².